The first-order valence-corrected chi connectivity index (χ1v) is 7.76. The summed E-state index contributed by atoms with van der Waals surface area (Å²) in [4.78, 5) is 17.1. The molecule has 3 rings (SSSR count). The zero-order valence-corrected chi connectivity index (χ0v) is 13.4. The van der Waals surface area contributed by atoms with Crippen LogP contribution in [0.1, 0.15) is 11.3 Å². The quantitative estimate of drug-likeness (QED) is 0.749. The monoisotopic (exact) mass is 316 g/mol. The second kappa shape index (κ2) is 6.75. The van der Waals surface area contributed by atoms with Crippen molar-refractivity contribution in [2.75, 3.05) is 0 Å². The minimum absolute atomic E-state index is 0.130. The van der Waals surface area contributed by atoms with Crippen molar-refractivity contribution >= 4 is 13.3 Å². The van der Waals surface area contributed by atoms with Gasteiger partial charge in [0.25, 0.3) is 0 Å². The molecule has 1 N–H and O–H groups in total. The second-order valence-corrected chi connectivity index (χ2v) is 5.68. The van der Waals surface area contributed by atoms with Crippen molar-refractivity contribution in [2.45, 2.75) is 19.9 Å². The highest BCUT2D eigenvalue weighted by atomic mass is 16.3. The number of hydrogen-bond acceptors (Lipinski definition) is 3. The molecule has 1 heterocycles. The Morgan fingerprint density at radius 2 is 1.88 bits per heavy atom. The lowest BCUT2D eigenvalue weighted by molar-refractivity contribution is 0.475. The fourth-order valence-electron chi connectivity index (χ4n) is 2.63. The molecule has 0 spiro atoms. The normalized spacial score (nSPS) is 10.7. The van der Waals surface area contributed by atoms with Gasteiger partial charge in [-0.3, -0.25) is 9.36 Å². The number of aromatic nitrogens is 2. The van der Waals surface area contributed by atoms with Crippen LogP contribution in [0.3, 0.4) is 0 Å². The van der Waals surface area contributed by atoms with Gasteiger partial charge in [0.2, 0.25) is 5.56 Å². The van der Waals surface area contributed by atoms with Crippen LogP contribution in [0.15, 0.2) is 59.4 Å². The third kappa shape index (κ3) is 3.25. The third-order valence-corrected chi connectivity index (χ3v) is 3.97. The summed E-state index contributed by atoms with van der Waals surface area (Å²) in [6, 6.07) is 16.6. The molecular formula is C19H17BN2O2. The molecule has 0 saturated heterocycles. The molecule has 4 nitrogen and oxygen atoms in total. The minimum atomic E-state index is -0.253. The van der Waals surface area contributed by atoms with Crippen LogP contribution in [0.2, 0.25) is 0 Å². The summed E-state index contributed by atoms with van der Waals surface area (Å²) in [5, 5.41) is 9.73. The van der Waals surface area contributed by atoms with E-state index in [9.17, 15) is 9.90 Å². The van der Waals surface area contributed by atoms with Crippen LogP contribution in [-0.2, 0) is 13.0 Å². The maximum absolute atomic E-state index is 12.6. The summed E-state index contributed by atoms with van der Waals surface area (Å²) in [5.41, 5.74) is 2.21. The Kier molecular flexibility index (Phi) is 4.51. The molecule has 0 fully saturated rings. The van der Waals surface area contributed by atoms with Gasteiger partial charge in [-0.2, -0.15) is 0 Å². The van der Waals surface area contributed by atoms with Gasteiger partial charge < -0.3 is 5.11 Å². The standard InChI is InChI=1S/C19H17BN2O2/c1-13-17(20)19(24)22(11-10-14-6-3-2-4-7-14)18(21-13)15-8-5-9-16(23)12-15/h2-9,12,23H,10-11H2,1H3. The lowest BCUT2D eigenvalue weighted by Crippen LogP contribution is -2.39. The van der Waals surface area contributed by atoms with Gasteiger partial charge >= 0.3 is 0 Å². The Morgan fingerprint density at radius 1 is 1.12 bits per heavy atom. The topological polar surface area (TPSA) is 55.1 Å². The van der Waals surface area contributed by atoms with E-state index in [1.807, 2.05) is 36.4 Å². The molecule has 2 radical (unpaired) electrons. The lowest BCUT2D eigenvalue weighted by Gasteiger charge is -2.15. The second-order valence-electron chi connectivity index (χ2n) is 5.68. The van der Waals surface area contributed by atoms with Crippen molar-refractivity contribution in [1.29, 1.82) is 0 Å². The summed E-state index contributed by atoms with van der Waals surface area (Å²) in [6.07, 6.45) is 0.691. The lowest BCUT2D eigenvalue weighted by atomic mass is 9.95. The fraction of sp³-hybridized carbons (Fsp3) is 0.158. The first kappa shape index (κ1) is 16.1. The molecule has 118 valence electrons. The molecule has 0 aliphatic rings. The van der Waals surface area contributed by atoms with Crippen molar-refractivity contribution in [3.8, 4) is 17.1 Å². The van der Waals surface area contributed by atoms with Gasteiger partial charge in [-0.05, 0) is 36.5 Å². The van der Waals surface area contributed by atoms with Gasteiger partial charge in [0.05, 0.1) is 0 Å². The van der Waals surface area contributed by atoms with E-state index in [1.54, 1.807) is 29.7 Å². The average molecular weight is 316 g/mol. The molecule has 0 amide bonds. The van der Waals surface area contributed by atoms with E-state index in [0.717, 1.165) is 5.56 Å². The fourth-order valence-corrected chi connectivity index (χ4v) is 2.63. The zero-order chi connectivity index (χ0) is 17.1. The number of benzene rings is 2. The van der Waals surface area contributed by atoms with E-state index in [2.05, 4.69) is 4.98 Å². The molecule has 1 aromatic heterocycles. The summed E-state index contributed by atoms with van der Waals surface area (Å²) >= 11 is 0. The Labute approximate surface area is 141 Å². The summed E-state index contributed by atoms with van der Waals surface area (Å²) < 4.78 is 1.57. The predicted octanol–water partition coefficient (Wildman–Crippen LogP) is 1.96. The number of rotatable bonds is 4. The Bertz CT molecular complexity index is 920. The van der Waals surface area contributed by atoms with Crippen molar-refractivity contribution in [2.24, 2.45) is 0 Å². The highest BCUT2D eigenvalue weighted by Gasteiger charge is 2.13. The van der Waals surface area contributed by atoms with Crippen LogP contribution in [0, 0.1) is 6.92 Å². The molecule has 3 aromatic rings. The van der Waals surface area contributed by atoms with Crippen LogP contribution >= 0.6 is 0 Å². The SMILES string of the molecule is [B]c1c(C)nc(-c2cccc(O)c2)n(CCc2ccccc2)c1=O. The van der Waals surface area contributed by atoms with Crippen LogP contribution in [0.4, 0.5) is 0 Å². The Morgan fingerprint density at radius 3 is 2.58 bits per heavy atom. The van der Waals surface area contributed by atoms with Gasteiger partial charge in [-0.1, -0.05) is 42.5 Å². The van der Waals surface area contributed by atoms with Gasteiger partial charge in [0.1, 0.15) is 19.4 Å². The average Bonchev–Trinajstić information content (AvgIpc) is 2.59. The Balaban J connectivity index is 2.06. The van der Waals surface area contributed by atoms with Gasteiger partial charge in [0, 0.05) is 17.8 Å². The molecule has 0 saturated carbocycles. The predicted molar refractivity (Wildman–Crippen MR) is 95.9 cm³/mol. The molecule has 5 heteroatoms. The molecule has 0 unspecified atom stereocenters. The van der Waals surface area contributed by atoms with Crippen molar-refractivity contribution in [3.63, 3.8) is 0 Å². The molecular weight excluding hydrogens is 299 g/mol. The highest BCUT2D eigenvalue weighted by Crippen LogP contribution is 2.21. The van der Waals surface area contributed by atoms with Crippen LogP contribution in [0.5, 0.6) is 5.75 Å². The molecule has 2 aromatic carbocycles. The number of phenolic OH excluding ortho intramolecular Hbond substituents is 1. The van der Waals surface area contributed by atoms with Crippen molar-refractivity contribution in [1.82, 2.24) is 9.55 Å². The molecule has 0 bridgehead atoms. The van der Waals surface area contributed by atoms with Gasteiger partial charge in [0.15, 0.2) is 0 Å². The van der Waals surface area contributed by atoms with Gasteiger partial charge in [-0.15, -0.1) is 0 Å². The minimum Gasteiger partial charge on any atom is -0.508 e. The number of aryl methyl sites for hydroxylation is 2. The molecule has 0 atom stereocenters. The highest BCUT2D eigenvalue weighted by molar-refractivity contribution is 6.32. The third-order valence-electron chi connectivity index (χ3n) is 3.97. The molecule has 0 aliphatic carbocycles. The first-order chi connectivity index (χ1) is 11.6. The maximum Gasteiger partial charge on any atom is 0.246 e. The first-order valence-electron chi connectivity index (χ1n) is 7.76. The van der Waals surface area contributed by atoms with E-state index < -0.39 is 0 Å². The molecule has 0 aliphatic heterocycles. The van der Waals surface area contributed by atoms with Crippen LogP contribution < -0.4 is 11.0 Å². The summed E-state index contributed by atoms with van der Waals surface area (Å²) in [5.74, 6) is 0.643. The Hall–Kier alpha value is -2.82. The number of nitrogens with zero attached hydrogens (tertiary/aromatic N) is 2. The smallest absolute Gasteiger partial charge is 0.246 e. The van der Waals surface area contributed by atoms with Gasteiger partial charge in [-0.25, -0.2) is 4.98 Å². The largest absolute Gasteiger partial charge is 0.508 e. The van der Waals surface area contributed by atoms with E-state index in [0.29, 0.717) is 30.0 Å². The van der Waals surface area contributed by atoms with E-state index in [1.165, 1.54) is 0 Å². The van der Waals surface area contributed by atoms with E-state index in [4.69, 9.17) is 7.85 Å². The molecule has 24 heavy (non-hydrogen) atoms. The summed E-state index contributed by atoms with van der Waals surface area (Å²) in [7, 11) is 5.88. The van der Waals surface area contributed by atoms with Crippen LogP contribution in [0.25, 0.3) is 11.4 Å². The van der Waals surface area contributed by atoms with Crippen molar-refractivity contribution < 1.29 is 5.11 Å². The van der Waals surface area contributed by atoms with Crippen molar-refractivity contribution in [3.05, 3.63) is 76.2 Å². The maximum atomic E-state index is 12.6. The zero-order valence-electron chi connectivity index (χ0n) is 13.4. The number of aromatic hydroxyl groups is 1. The summed E-state index contributed by atoms with van der Waals surface area (Å²) in [6.45, 7) is 2.18. The van der Waals surface area contributed by atoms with E-state index >= 15 is 0 Å². The number of hydrogen-bond donors (Lipinski definition) is 1. The van der Waals surface area contributed by atoms with Crippen LogP contribution in [-0.4, -0.2) is 22.5 Å². The number of phenols is 1. The van der Waals surface area contributed by atoms with E-state index in [-0.39, 0.29) is 16.8 Å².